The molecule has 0 aliphatic carbocycles. The van der Waals surface area contributed by atoms with E-state index >= 15 is 0 Å². The highest BCUT2D eigenvalue weighted by Crippen LogP contribution is 2.22. The molecule has 2 aromatic rings. The van der Waals surface area contributed by atoms with Crippen LogP contribution in [0.15, 0.2) is 39.9 Å². The Balaban J connectivity index is 2.23. The van der Waals surface area contributed by atoms with Gasteiger partial charge in [0.15, 0.2) is 0 Å². The van der Waals surface area contributed by atoms with Gasteiger partial charge in [0, 0.05) is 6.07 Å². The molecular weight excluding hydrogens is 292 g/mol. The zero-order chi connectivity index (χ0) is 13.9. The molecule has 6 nitrogen and oxygen atoms in total. The summed E-state index contributed by atoms with van der Waals surface area (Å²) in [5.74, 6) is 0. The second kappa shape index (κ2) is 5.70. The molecule has 1 heterocycles. The van der Waals surface area contributed by atoms with E-state index in [1.165, 1.54) is 18.4 Å². The minimum atomic E-state index is -3.77. The molecule has 1 aromatic heterocycles. The van der Waals surface area contributed by atoms with Gasteiger partial charge in [0.2, 0.25) is 10.0 Å². The number of halogens is 1. The molecule has 2 rings (SSSR count). The summed E-state index contributed by atoms with van der Waals surface area (Å²) in [5.41, 5.74) is 0.921. The standard InChI is InChI=1S/C11H11ClN2O4S/c12-10-2-1-8(7-15)5-11(10)19(16,17)13-6-9-3-4-18-14-9/h1-5,13,15H,6-7H2. The van der Waals surface area contributed by atoms with E-state index < -0.39 is 10.0 Å². The van der Waals surface area contributed by atoms with Crippen LogP contribution >= 0.6 is 11.6 Å². The number of nitrogens with zero attached hydrogens (tertiary/aromatic N) is 1. The third-order valence-corrected chi connectivity index (χ3v) is 4.29. The first-order valence-corrected chi connectivity index (χ1v) is 7.17. The van der Waals surface area contributed by atoms with E-state index in [0.717, 1.165) is 0 Å². The Labute approximate surface area is 115 Å². The Hall–Kier alpha value is -1.41. The van der Waals surface area contributed by atoms with Crippen LogP contribution in [0.25, 0.3) is 0 Å². The van der Waals surface area contributed by atoms with Crippen molar-refractivity contribution in [2.24, 2.45) is 0 Å². The van der Waals surface area contributed by atoms with E-state index in [1.54, 1.807) is 12.1 Å². The quantitative estimate of drug-likeness (QED) is 0.868. The van der Waals surface area contributed by atoms with Gasteiger partial charge >= 0.3 is 0 Å². The first-order chi connectivity index (χ1) is 9.03. The lowest BCUT2D eigenvalue weighted by Gasteiger charge is -2.08. The number of aliphatic hydroxyl groups excluding tert-OH is 1. The lowest BCUT2D eigenvalue weighted by Crippen LogP contribution is -2.23. The van der Waals surface area contributed by atoms with Crippen LogP contribution < -0.4 is 4.72 Å². The number of hydrogen-bond acceptors (Lipinski definition) is 5. The molecule has 19 heavy (non-hydrogen) atoms. The maximum absolute atomic E-state index is 12.1. The molecule has 0 aliphatic heterocycles. The van der Waals surface area contributed by atoms with Gasteiger partial charge in [0.05, 0.1) is 23.9 Å². The molecule has 0 saturated carbocycles. The van der Waals surface area contributed by atoms with Gasteiger partial charge in [-0.25, -0.2) is 13.1 Å². The van der Waals surface area contributed by atoms with Crippen molar-refractivity contribution in [1.29, 1.82) is 0 Å². The third kappa shape index (κ3) is 3.32. The Bertz CT molecular complexity index is 655. The van der Waals surface area contributed by atoms with Crippen LogP contribution in [0.3, 0.4) is 0 Å². The lowest BCUT2D eigenvalue weighted by molar-refractivity contribution is 0.281. The molecule has 0 saturated heterocycles. The zero-order valence-corrected chi connectivity index (χ0v) is 11.3. The molecule has 0 spiro atoms. The average molecular weight is 303 g/mol. The summed E-state index contributed by atoms with van der Waals surface area (Å²) in [5, 5.41) is 12.7. The number of sulfonamides is 1. The minimum absolute atomic E-state index is 0.00147. The molecule has 0 aliphatic rings. The van der Waals surface area contributed by atoms with Crippen molar-refractivity contribution < 1.29 is 18.0 Å². The van der Waals surface area contributed by atoms with E-state index in [0.29, 0.717) is 11.3 Å². The monoisotopic (exact) mass is 302 g/mol. The van der Waals surface area contributed by atoms with Gasteiger partial charge in [-0.3, -0.25) is 0 Å². The lowest BCUT2D eigenvalue weighted by atomic mass is 10.2. The number of nitrogens with one attached hydrogen (secondary N) is 1. The number of benzene rings is 1. The van der Waals surface area contributed by atoms with Gasteiger partial charge in [-0.1, -0.05) is 22.8 Å². The smallest absolute Gasteiger partial charge is 0.242 e. The number of rotatable bonds is 5. The third-order valence-electron chi connectivity index (χ3n) is 2.40. The van der Waals surface area contributed by atoms with Crippen molar-refractivity contribution in [2.75, 3.05) is 0 Å². The van der Waals surface area contributed by atoms with Crippen molar-refractivity contribution in [2.45, 2.75) is 18.0 Å². The number of hydrogen-bond donors (Lipinski definition) is 2. The van der Waals surface area contributed by atoms with Gasteiger partial charge in [0.25, 0.3) is 0 Å². The van der Waals surface area contributed by atoms with Gasteiger partial charge in [-0.2, -0.15) is 0 Å². The summed E-state index contributed by atoms with van der Waals surface area (Å²) >= 11 is 5.86. The highest BCUT2D eigenvalue weighted by atomic mass is 35.5. The molecule has 0 amide bonds. The maximum atomic E-state index is 12.1. The van der Waals surface area contributed by atoms with Crippen LogP contribution in [0, 0.1) is 0 Å². The molecular formula is C11H11ClN2O4S. The number of aliphatic hydroxyl groups is 1. The minimum Gasteiger partial charge on any atom is -0.392 e. The first-order valence-electron chi connectivity index (χ1n) is 5.31. The van der Waals surface area contributed by atoms with Crippen LogP contribution in [0.1, 0.15) is 11.3 Å². The van der Waals surface area contributed by atoms with Gasteiger partial charge < -0.3 is 9.63 Å². The summed E-state index contributed by atoms with van der Waals surface area (Å²) in [7, 11) is -3.77. The molecule has 2 N–H and O–H groups in total. The molecule has 0 bridgehead atoms. The normalized spacial score (nSPS) is 11.7. The molecule has 0 fully saturated rings. The summed E-state index contributed by atoms with van der Waals surface area (Å²) < 4.78 is 31.1. The summed E-state index contributed by atoms with van der Waals surface area (Å²) in [4.78, 5) is -0.0794. The van der Waals surface area contributed by atoms with Crippen LogP contribution in [-0.4, -0.2) is 18.7 Å². The first kappa shape index (κ1) is 14.0. The van der Waals surface area contributed by atoms with Gasteiger partial charge in [-0.05, 0) is 17.7 Å². The SMILES string of the molecule is O=S(=O)(NCc1ccon1)c1cc(CO)ccc1Cl. The average Bonchev–Trinajstić information content (AvgIpc) is 2.90. The maximum Gasteiger partial charge on any atom is 0.242 e. The fraction of sp³-hybridized carbons (Fsp3) is 0.182. The topological polar surface area (TPSA) is 92.4 Å². The Morgan fingerprint density at radius 1 is 1.37 bits per heavy atom. The largest absolute Gasteiger partial charge is 0.392 e. The fourth-order valence-corrected chi connectivity index (χ4v) is 2.97. The predicted octanol–water partition coefficient (Wildman–Crippen LogP) is 1.30. The van der Waals surface area contributed by atoms with E-state index in [1.807, 2.05) is 0 Å². The summed E-state index contributed by atoms with van der Waals surface area (Å²) in [6.07, 6.45) is 1.35. The van der Waals surface area contributed by atoms with Crippen molar-refractivity contribution in [3.63, 3.8) is 0 Å². The van der Waals surface area contributed by atoms with E-state index in [9.17, 15) is 8.42 Å². The molecule has 0 unspecified atom stereocenters. The van der Waals surface area contributed by atoms with Crippen LogP contribution in [0.5, 0.6) is 0 Å². The molecule has 0 radical (unpaired) electrons. The van der Waals surface area contributed by atoms with Gasteiger partial charge in [0.1, 0.15) is 11.2 Å². The molecule has 8 heteroatoms. The molecule has 0 atom stereocenters. The fourth-order valence-electron chi connectivity index (χ4n) is 1.43. The second-order valence-corrected chi connectivity index (χ2v) is 5.88. The van der Waals surface area contributed by atoms with Crippen LogP contribution in [0.2, 0.25) is 5.02 Å². The highest BCUT2D eigenvalue weighted by molar-refractivity contribution is 7.89. The van der Waals surface area contributed by atoms with Gasteiger partial charge in [-0.15, -0.1) is 0 Å². The predicted molar refractivity (Wildman–Crippen MR) is 67.9 cm³/mol. The van der Waals surface area contributed by atoms with Crippen molar-refractivity contribution in [3.05, 3.63) is 46.8 Å². The zero-order valence-electron chi connectivity index (χ0n) is 9.71. The highest BCUT2D eigenvalue weighted by Gasteiger charge is 2.18. The summed E-state index contributed by atoms with van der Waals surface area (Å²) in [6, 6.07) is 5.86. The number of aromatic nitrogens is 1. The van der Waals surface area contributed by atoms with Crippen molar-refractivity contribution >= 4 is 21.6 Å². The summed E-state index contributed by atoms with van der Waals surface area (Å²) in [6.45, 7) is -0.262. The van der Waals surface area contributed by atoms with Crippen LogP contribution in [0.4, 0.5) is 0 Å². The second-order valence-electron chi connectivity index (χ2n) is 3.74. The Kier molecular flexibility index (Phi) is 4.20. The Morgan fingerprint density at radius 3 is 2.79 bits per heavy atom. The molecule has 102 valence electrons. The van der Waals surface area contributed by atoms with E-state index in [4.69, 9.17) is 16.7 Å². The van der Waals surface area contributed by atoms with E-state index in [2.05, 4.69) is 14.4 Å². The Morgan fingerprint density at radius 2 is 2.16 bits per heavy atom. The van der Waals surface area contributed by atoms with Crippen molar-refractivity contribution in [1.82, 2.24) is 9.88 Å². The van der Waals surface area contributed by atoms with E-state index in [-0.39, 0.29) is 23.1 Å². The van der Waals surface area contributed by atoms with Crippen LogP contribution in [-0.2, 0) is 23.2 Å². The van der Waals surface area contributed by atoms with Crippen molar-refractivity contribution in [3.8, 4) is 0 Å². The molecule has 1 aromatic carbocycles.